The van der Waals surface area contributed by atoms with Crippen molar-refractivity contribution in [2.45, 2.75) is 173 Å². The minimum Gasteiger partial charge on any atom is -0.308 e. The van der Waals surface area contributed by atoms with E-state index in [1.165, 1.54) is 165 Å². The molecule has 0 saturated heterocycles. The fourth-order valence-corrected chi connectivity index (χ4v) is 11.0. The van der Waals surface area contributed by atoms with Gasteiger partial charge in [-0.1, -0.05) is 183 Å². The van der Waals surface area contributed by atoms with E-state index in [0.717, 1.165) is 18.1 Å². The van der Waals surface area contributed by atoms with Gasteiger partial charge in [0, 0.05) is 29.1 Å². The van der Waals surface area contributed by atoms with Crippen LogP contribution in [0.1, 0.15) is 168 Å². The molecule has 46 heavy (non-hydrogen) atoms. The first-order chi connectivity index (χ1) is 22.7. The van der Waals surface area contributed by atoms with Gasteiger partial charge in [0.15, 0.2) is 0 Å². The molecule has 1 atom stereocenters. The molecule has 0 aliphatic rings. The summed E-state index contributed by atoms with van der Waals surface area (Å²) in [6, 6.07) is 0. The van der Waals surface area contributed by atoms with E-state index < -0.39 is 0 Å². The van der Waals surface area contributed by atoms with Crippen molar-refractivity contribution in [3.63, 3.8) is 0 Å². The fourth-order valence-electron chi connectivity index (χ4n) is 5.14. The Hall–Kier alpha value is 0.320. The molecule has 0 bridgehead atoms. The number of nitrogens with zero attached hydrogens (tertiary/aromatic N) is 1. The molecule has 0 aromatic carbocycles. The third kappa shape index (κ3) is 40.5. The number of allylic oxidation sites excluding steroid dienone is 8. The van der Waals surface area contributed by atoms with Gasteiger partial charge in [0.25, 0.3) is 0 Å². The van der Waals surface area contributed by atoms with Crippen LogP contribution in [0.2, 0.25) is 0 Å². The Labute approximate surface area is 306 Å². The predicted octanol–water partition coefficient (Wildman–Crippen LogP) is 15.3. The van der Waals surface area contributed by atoms with Crippen molar-refractivity contribution in [2.24, 2.45) is 0 Å². The summed E-state index contributed by atoms with van der Waals surface area (Å²) in [6.45, 7) is 5.74. The zero-order valence-electron chi connectivity index (χ0n) is 31.1. The Morgan fingerprint density at radius 2 is 0.826 bits per heavy atom. The Bertz CT molecular complexity index is 688. The van der Waals surface area contributed by atoms with E-state index in [1.54, 1.807) is 0 Å². The van der Waals surface area contributed by atoms with Crippen molar-refractivity contribution in [1.29, 1.82) is 0 Å². The lowest BCUT2D eigenvalue weighted by molar-refractivity contribution is 0.415. The van der Waals surface area contributed by atoms with Crippen LogP contribution in [0.25, 0.3) is 0 Å². The lowest BCUT2D eigenvalue weighted by Crippen LogP contribution is -2.24. The first-order valence-corrected chi connectivity index (χ1v) is 24.3. The van der Waals surface area contributed by atoms with Crippen LogP contribution in [0, 0.1) is 0 Å². The molecule has 0 aliphatic heterocycles. The molecule has 0 heterocycles. The third-order valence-corrected chi connectivity index (χ3v) is 13.7. The first kappa shape index (κ1) is 46.3. The van der Waals surface area contributed by atoms with Gasteiger partial charge in [-0.15, -0.1) is 0 Å². The van der Waals surface area contributed by atoms with Crippen LogP contribution in [0.15, 0.2) is 48.6 Å². The van der Waals surface area contributed by atoms with Gasteiger partial charge >= 0.3 is 0 Å². The molecule has 0 rings (SSSR count). The second-order valence-corrected chi connectivity index (χ2v) is 18.5. The molecule has 0 radical (unpaired) electrons. The maximum Gasteiger partial charge on any atom is 0.0377 e. The van der Waals surface area contributed by atoms with Crippen molar-refractivity contribution in [2.75, 3.05) is 37.9 Å². The molecule has 0 aliphatic carbocycles. The molecule has 5 heteroatoms. The summed E-state index contributed by atoms with van der Waals surface area (Å²) in [5.74, 6) is 3.90. The maximum atomic E-state index is 2.39. The standard InChI is InChI=1S/C41H77NS4/c1-5-7-9-11-13-15-17-19-21-23-25-27-29-31-33-35-37-43-45-40-41(39-42(3)4)46-44-38-36-34-32-30-28-26-24-22-20-18-16-14-12-10-8-6-2/h13-16,19-22,41H,5-12,17-18,23-40H2,1-4H3/b15-13-,16-14-,21-19-,22-20-. The van der Waals surface area contributed by atoms with E-state index in [4.69, 9.17) is 0 Å². The molecular formula is C41H77NS4. The maximum absolute atomic E-state index is 2.39. The van der Waals surface area contributed by atoms with Crippen molar-refractivity contribution in [1.82, 2.24) is 4.90 Å². The number of unbranched alkanes of at least 4 members (excludes halogenated alkanes) is 18. The highest BCUT2D eigenvalue weighted by molar-refractivity contribution is 8.78. The van der Waals surface area contributed by atoms with Crippen molar-refractivity contribution in [3.05, 3.63) is 48.6 Å². The molecule has 0 N–H and O–H groups in total. The molecule has 0 spiro atoms. The number of rotatable bonds is 37. The summed E-state index contributed by atoms with van der Waals surface area (Å²) in [5, 5.41) is 0.734. The average molecular weight is 712 g/mol. The highest BCUT2D eigenvalue weighted by atomic mass is 33.1. The van der Waals surface area contributed by atoms with Crippen LogP contribution in [0.4, 0.5) is 0 Å². The summed E-state index contributed by atoms with van der Waals surface area (Å²) in [6.07, 6.45) is 51.0. The highest BCUT2D eigenvalue weighted by Crippen LogP contribution is 2.34. The number of hydrogen-bond donors (Lipinski definition) is 0. The smallest absolute Gasteiger partial charge is 0.0377 e. The van der Waals surface area contributed by atoms with Gasteiger partial charge in [0.2, 0.25) is 0 Å². The Morgan fingerprint density at radius 3 is 1.26 bits per heavy atom. The van der Waals surface area contributed by atoms with Crippen LogP contribution in [-0.4, -0.2) is 48.0 Å². The van der Waals surface area contributed by atoms with Gasteiger partial charge < -0.3 is 4.90 Å². The summed E-state index contributed by atoms with van der Waals surface area (Å²) in [5.41, 5.74) is 0. The molecule has 270 valence electrons. The van der Waals surface area contributed by atoms with E-state index in [-0.39, 0.29) is 0 Å². The normalized spacial score (nSPS) is 13.2. The zero-order valence-corrected chi connectivity index (χ0v) is 34.3. The van der Waals surface area contributed by atoms with Crippen LogP contribution < -0.4 is 0 Å². The second-order valence-electron chi connectivity index (χ2n) is 13.1. The second kappa shape index (κ2) is 41.5. The Balaban J connectivity index is 3.55. The van der Waals surface area contributed by atoms with Crippen LogP contribution in [0.5, 0.6) is 0 Å². The van der Waals surface area contributed by atoms with Gasteiger partial charge in [-0.25, -0.2) is 0 Å². The highest BCUT2D eigenvalue weighted by Gasteiger charge is 2.11. The van der Waals surface area contributed by atoms with Crippen molar-refractivity contribution < 1.29 is 0 Å². The largest absolute Gasteiger partial charge is 0.308 e. The first-order valence-electron chi connectivity index (χ1n) is 19.5. The monoisotopic (exact) mass is 711 g/mol. The summed E-state index contributed by atoms with van der Waals surface area (Å²) in [7, 11) is 13.0. The lowest BCUT2D eigenvalue weighted by Gasteiger charge is -2.19. The molecular weight excluding hydrogens is 635 g/mol. The van der Waals surface area contributed by atoms with E-state index in [1.807, 2.05) is 0 Å². The van der Waals surface area contributed by atoms with Crippen LogP contribution in [0.3, 0.4) is 0 Å². The molecule has 0 amide bonds. The minimum atomic E-state index is 0.734. The zero-order chi connectivity index (χ0) is 33.4. The van der Waals surface area contributed by atoms with Crippen LogP contribution in [-0.2, 0) is 0 Å². The topological polar surface area (TPSA) is 3.24 Å². The van der Waals surface area contributed by atoms with E-state index in [9.17, 15) is 0 Å². The average Bonchev–Trinajstić information content (AvgIpc) is 3.04. The van der Waals surface area contributed by atoms with Crippen LogP contribution >= 0.6 is 43.2 Å². The quantitative estimate of drug-likeness (QED) is 0.0357. The van der Waals surface area contributed by atoms with Gasteiger partial charge in [0.1, 0.15) is 0 Å². The van der Waals surface area contributed by atoms with Crippen molar-refractivity contribution >= 4 is 43.2 Å². The Morgan fingerprint density at radius 1 is 0.435 bits per heavy atom. The van der Waals surface area contributed by atoms with E-state index in [2.05, 4.69) is 125 Å². The Kier molecular flexibility index (Phi) is 41.8. The minimum absolute atomic E-state index is 0.734. The van der Waals surface area contributed by atoms with Gasteiger partial charge in [-0.05, 0) is 91.1 Å². The van der Waals surface area contributed by atoms with E-state index >= 15 is 0 Å². The molecule has 0 fully saturated rings. The summed E-state index contributed by atoms with van der Waals surface area (Å²) >= 11 is 0. The SMILES string of the molecule is CCCCC/C=C\C/C=C\CCCCCCCCSSCC(CN(C)C)SSCCCCCCCC/C=C\C/C=C\CCCCC. The predicted molar refractivity (Wildman–Crippen MR) is 226 cm³/mol. The van der Waals surface area contributed by atoms with Gasteiger partial charge in [0.05, 0.1) is 0 Å². The lowest BCUT2D eigenvalue weighted by atomic mass is 10.1. The number of hydrogen-bond acceptors (Lipinski definition) is 5. The third-order valence-electron chi connectivity index (χ3n) is 7.97. The molecule has 0 saturated carbocycles. The van der Waals surface area contributed by atoms with Gasteiger partial charge in [-0.3, -0.25) is 0 Å². The fraction of sp³-hybridized carbons (Fsp3) is 0.805. The van der Waals surface area contributed by atoms with Crippen molar-refractivity contribution in [3.8, 4) is 0 Å². The molecule has 0 aromatic rings. The molecule has 0 aromatic heterocycles. The summed E-state index contributed by atoms with van der Waals surface area (Å²) in [4.78, 5) is 2.37. The molecule has 1 nitrogen and oxygen atoms in total. The van der Waals surface area contributed by atoms with Gasteiger partial charge in [-0.2, -0.15) is 0 Å². The molecule has 1 unspecified atom stereocenters. The van der Waals surface area contributed by atoms with E-state index in [0.29, 0.717) is 0 Å². The summed E-state index contributed by atoms with van der Waals surface area (Å²) < 4.78 is 0.